The molecule has 1 aliphatic rings. The van der Waals surface area contributed by atoms with Crippen molar-refractivity contribution in [1.29, 1.82) is 0 Å². The maximum Gasteiger partial charge on any atom is 0.0669 e. The van der Waals surface area contributed by atoms with Crippen LogP contribution in [-0.2, 0) is 0 Å². The van der Waals surface area contributed by atoms with Crippen LogP contribution in [0.4, 0.5) is 5.69 Å². The van der Waals surface area contributed by atoms with Gasteiger partial charge in [0.15, 0.2) is 0 Å². The number of benzene rings is 1. The number of nitrogens with one attached hydrogen (secondary N) is 2. The van der Waals surface area contributed by atoms with Crippen molar-refractivity contribution in [3.63, 3.8) is 0 Å². The number of rotatable bonds is 2. The van der Waals surface area contributed by atoms with Crippen LogP contribution in [0.2, 0.25) is 0 Å². The second kappa shape index (κ2) is 4.98. The maximum atomic E-state index is 3.39. The molecule has 3 nitrogen and oxygen atoms in total. The third kappa shape index (κ3) is 2.72. The van der Waals surface area contributed by atoms with Gasteiger partial charge in [-0.3, -0.25) is 0 Å². The van der Waals surface area contributed by atoms with Gasteiger partial charge in [-0.1, -0.05) is 18.2 Å². The van der Waals surface area contributed by atoms with Crippen LogP contribution < -0.4 is 10.7 Å². The molecule has 14 heavy (non-hydrogen) atoms. The van der Waals surface area contributed by atoms with Gasteiger partial charge in [0.25, 0.3) is 0 Å². The summed E-state index contributed by atoms with van der Waals surface area (Å²) in [5.41, 5.74) is 4.55. The maximum absolute atomic E-state index is 3.39. The Bertz CT molecular complexity index is 252. The van der Waals surface area contributed by atoms with E-state index >= 15 is 0 Å². The van der Waals surface area contributed by atoms with E-state index in [9.17, 15) is 0 Å². The van der Waals surface area contributed by atoms with Crippen LogP contribution in [0.3, 0.4) is 0 Å². The first-order valence-corrected chi connectivity index (χ1v) is 5.22. The summed E-state index contributed by atoms with van der Waals surface area (Å²) in [5, 5.41) is 5.61. The molecule has 1 saturated heterocycles. The van der Waals surface area contributed by atoms with Crippen molar-refractivity contribution < 1.29 is 0 Å². The summed E-state index contributed by atoms with van der Waals surface area (Å²) in [7, 11) is 0. The predicted octanol–water partition coefficient (Wildman–Crippen LogP) is 1.66. The van der Waals surface area contributed by atoms with Crippen molar-refractivity contribution >= 4 is 5.69 Å². The Balaban J connectivity index is 1.90. The average Bonchev–Trinajstić information content (AvgIpc) is 2.48. The quantitative estimate of drug-likeness (QED) is 0.744. The molecule has 0 bridgehead atoms. The van der Waals surface area contributed by atoms with E-state index in [0.717, 1.165) is 25.4 Å². The molecule has 76 valence electrons. The molecule has 1 aliphatic heterocycles. The van der Waals surface area contributed by atoms with Gasteiger partial charge >= 0.3 is 0 Å². The van der Waals surface area contributed by atoms with Gasteiger partial charge < -0.3 is 10.7 Å². The topological polar surface area (TPSA) is 27.3 Å². The van der Waals surface area contributed by atoms with Crippen LogP contribution in [0.25, 0.3) is 0 Å². The summed E-state index contributed by atoms with van der Waals surface area (Å²) >= 11 is 0. The van der Waals surface area contributed by atoms with E-state index in [1.165, 1.54) is 12.8 Å². The zero-order valence-corrected chi connectivity index (χ0v) is 8.37. The van der Waals surface area contributed by atoms with E-state index < -0.39 is 0 Å². The zero-order chi connectivity index (χ0) is 9.64. The first-order valence-electron chi connectivity index (χ1n) is 5.22. The van der Waals surface area contributed by atoms with E-state index in [1.807, 2.05) is 18.2 Å². The lowest BCUT2D eigenvalue weighted by Gasteiger charge is -2.21. The minimum atomic E-state index is 0.925. The Kier molecular flexibility index (Phi) is 3.38. The van der Waals surface area contributed by atoms with E-state index in [1.54, 1.807) is 0 Å². The molecular formula is C11H17N3. The minimum Gasteiger partial charge on any atom is -0.318 e. The number of anilines is 1. The molecule has 1 aromatic carbocycles. The monoisotopic (exact) mass is 191 g/mol. The zero-order valence-electron chi connectivity index (χ0n) is 8.37. The van der Waals surface area contributed by atoms with Gasteiger partial charge in [0.05, 0.1) is 6.67 Å². The lowest BCUT2D eigenvalue weighted by Crippen LogP contribution is -2.36. The van der Waals surface area contributed by atoms with Crippen molar-refractivity contribution in [2.24, 2.45) is 0 Å². The van der Waals surface area contributed by atoms with E-state index in [0.29, 0.717) is 0 Å². The SMILES string of the molecule is c1ccc(NN2CCCCNC2)cc1. The van der Waals surface area contributed by atoms with Crippen molar-refractivity contribution in [1.82, 2.24) is 10.3 Å². The molecule has 0 atom stereocenters. The first-order chi connectivity index (χ1) is 6.95. The third-order valence-corrected chi connectivity index (χ3v) is 2.40. The molecule has 2 rings (SSSR count). The standard InChI is InChI=1S/C11H17N3/c1-2-6-11(7-3-1)13-14-9-5-4-8-12-10-14/h1-3,6-7,12-13H,4-5,8-10H2. The second-order valence-corrected chi connectivity index (χ2v) is 3.61. The highest BCUT2D eigenvalue weighted by Crippen LogP contribution is 2.07. The second-order valence-electron chi connectivity index (χ2n) is 3.61. The number of hydrogen-bond donors (Lipinski definition) is 2. The molecule has 0 radical (unpaired) electrons. The van der Waals surface area contributed by atoms with E-state index in [2.05, 4.69) is 27.9 Å². The van der Waals surface area contributed by atoms with Crippen molar-refractivity contribution in [3.05, 3.63) is 30.3 Å². The highest BCUT2D eigenvalue weighted by Gasteiger charge is 2.06. The molecule has 1 heterocycles. The lowest BCUT2D eigenvalue weighted by atomic mass is 10.3. The Morgan fingerprint density at radius 3 is 2.86 bits per heavy atom. The van der Waals surface area contributed by atoms with Crippen LogP contribution in [-0.4, -0.2) is 24.8 Å². The van der Waals surface area contributed by atoms with Crippen molar-refractivity contribution in [2.75, 3.05) is 25.2 Å². The fourth-order valence-corrected chi connectivity index (χ4v) is 1.64. The molecule has 2 N–H and O–H groups in total. The molecule has 1 aromatic rings. The fourth-order valence-electron chi connectivity index (χ4n) is 1.64. The largest absolute Gasteiger partial charge is 0.318 e. The number of para-hydroxylation sites is 1. The predicted molar refractivity (Wildman–Crippen MR) is 58.9 cm³/mol. The van der Waals surface area contributed by atoms with Gasteiger partial charge in [-0.2, -0.15) is 0 Å². The Morgan fingerprint density at radius 2 is 2.00 bits per heavy atom. The van der Waals surface area contributed by atoms with Gasteiger partial charge in [0.1, 0.15) is 0 Å². The molecule has 0 amide bonds. The Labute approximate surface area is 85.1 Å². The summed E-state index contributed by atoms with van der Waals surface area (Å²) in [6.07, 6.45) is 2.53. The summed E-state index contributed by atoms with van der Waals surface area (Å²) in [6, 6.07) is 10.3. The smallest absolute Gasteiger partial charge is 0.0669 e. The molecule has 3 heteroatoms. The molecule has 0 spiro atoms. The summed E-state index contributed by atoms with van der Waals surface area (Å²) in [6.45, 7) is 3.17. The van der Waals surface area contributed by atoms with Gasteiger partial charge in [0, 0.05) is 12.2 Å². The van der Waals surface area contributed by atoms with Crippen molar-refractivity contribution in [2.45, 2.75) is 12.8 Å². The minimum absolute atomic E-state index is 0.925. The molecule has 0 aliphatic carbocycles. The molecule has 0 saturated carbocycles. The molecule has 0 aromatic heterocycles. The summed E-state index contributed by atoms with van der Waals surface area (Å²) in [4.78, 5) is 0. The van der Waals surface area contributed by atoms with Crippen LogP contribution in [0.5, 0.6) is 0 Å². The number of hydrogen-bond acceptors (Lipinski definition) is 3. The third-order valence-electron chi connectivity index (χ3n) is 2.40. The Morgan fingerprint density at radius 1 is 1.14 bits per heavy atom. The molecule has 0 unspecified atom stereocenters. The van der Waals surface area contributed by atoms with Crippen LogP contribution in [0.15, 0.2) is 30.3 Å². The highest BCUT2D eigenvalue weighted by atomic mass is 15.5. The van der Waals surface area contributed by atoms with Crippen LogP contribution in [0, 0.1) is 0 Å². The average molecular weight is 191 g/mol. The number of nitrogens with zero attached hydrogens (tertiary/aromatic N) is 1. The van der Waals surface area contributed by atoms with Crippen LogP contribution >= 0.6 is 0 Å². The molecule has 1 fully saturated rings. The van der Waals surface area contributed by atoms with E-state index in [4.69, 9.17) is 0 Å². The normalized spacial score (nSPS) is 18.9. The van der Waals surface area contributed by atoms with Crippen molar-refractivity contribution in [3.8, 4) is 0 Å². The van der Waals surface area contributed by atoms with E-state index in [-0.39, 0.29) is 0 Å². The van der Waals surface area contributed by atoms with Crippen LogP contribution in [0.1, 0.15) is 12.8 Å². The molecular weight excluding hydrogens is 174 g/mol. The Hall–Kier alpha value is -1.06. The first kappa shape index (κ1) is 9.49. The number of hydrazine groups is 1. The van der Waals surface area contributed by atoms with Gasteiger partial charge in [-0.05, 0) is 31.5 Å². The van der Waals surface area contributed by atoms with Gasteiger partial charge in [-0.15, -0.1) is 0 Å². The van der Waals surface area contributed by atoms with Gasteiger partial charge in [0.2, 0.25) is 0 Å². The fraction of sp³-hybridized carbons (Fsp3) is 0.455. The summed E-state index contributed by atoms with van der Waals surface area (Å²) in [5.74, 6) is 0. The van der Waals surface area contributed by atoms with Gasteiger partial charge in [-0.25, -0.2) is 5.01 Å². The summed E-state index contributed by atoms with van der Waals surface area (Å²) < 4.78 is 0. The highest BCUT2D eigenvalue weighted by molar-refractivity contribution is 5.41. The lowest BCUT2D eigenvalue weighted by molar-refractivity contribution is 0.327.